The van der Waals surface area contributed by atoms with Crippen LogP contribution in [-0.4, -0.2) is 76.0 Å². The molecular formula is C28H36FN5O. The lowest BCUT2D eigenvalue weighted by Crippen LogP contribution is -2.52. The summed E-state index contributed by atoms with van der Waals surface area (Å²) in [5.74, 6) is 1.05. The van der Waals surface area contributed by atoms with E-state index in [0.29, 0.717) is 12.5 Å². The molecule has 0 N–H and O–H groups in total. The zero-order valence-corrected chi connectivity index (χ0v) is 20.7. The highest BCUT2D eigenvalue weighted by Crippen LogP contribution is 2.26. The fourth-order valence-corrected chi connectivity index (χ4v) is 5.49. The summed E-state index contributed by atoms with van der Waals surface area (Å²) in [6, 6.07) is 14.7. The Labute approximate surface area is 207 Å². The Balaban J connectivity index is 1.28. The number of halogens is 1. The van der Waals surface area contributed by atoms with Gasteiger partial charge >= 0.3 is 0 Å². The largest absolute Gasteiger partial charge is 0.340 e. The minimum absolute atomic E-state index is 0.0505. The van der Waals surface area contributed by atoms with Gasteiger partial charge in [-0.1, -0.05) is 25.5 Å². The van der Waals surface area contributed by atoms with Crippen molar-refractivity contribution in [1.29, 1.82) is 0 Å². The van der Waals surface area contributed by atoms with Crippen LogP contribution in [0, 0.1) is 11.7 Å². The van der Waals surface area contributed by atoms with Gasteiger partial charge in [0.15, 0.2) is 0 Å². The van der Waals surface area contributed by atoms with Gasteiger partial charge in [-0.2, -0.15) is 0 Å². The van der Waals surface area contributed by atoms with Gasteiger partial charge in [0.05, 0.1) is 23.5 Å². The van der Waals surface area contributed by atoms with E-state index in [1.807, 2.05) is 18.2 Å². The predicted molar refractivity (Wildman–Crippen MR) is 137 cm³/mol. The lowest BCUT2D eigenvalue weighted by Gasteiger charge is -2.39. The molecule has 186 valence electrons. The second kappa shape index (κ2) is 10.9. The van der Waals surface area contributed by atoms with E-state index in [4.69, 9.17) is 4.98 Å². The fraction of sp³-hybridized carbons (Fsp3) is 0.500. The number of rotatable bonds is 7. The van der Waals surface area contributed by atoms with Gasteiger partial charge in [0, 0.05) is 38.4 Å². The van der Waals surface area contributed by atoms with Crippen molar-refractivity contribution >= 4 is 16.9 Å². The average molecular weight is 478 g/mol. The molecule has 2 saturated heterocycles. The molecule has 2 aromatic carbocycles. The van der Waals surface area contributed by atoms with E-state index in [1.54, 1.807) is 12.1 Å². The summed E-state index contributed by atoms with van der Waals surface area (Å²) in [5.41, 5.74) is 2.85. The van der Waals surface area contributed by atoms with Crippen LogP contribution in [0.15, 0.2) is 48.5 Å². The molecule has 3 heterocycles. The highest BCUT2D eigenvalue weighted by molar-refractivity contribution is 5.79. The third-order valence-corrected chi connectivity index (χ3v) is 7.45. The number of hydrogen-bond donors (Lipinski definition) is 0. The standard InChI is InChI=1S/C28H36FN5O/c1-2-3-14-31-16-18-33(19-17-31)28(35)22-7-6-15-32(20-22)21-27-30-25-8-4-5-9-26(25)34(27)24-12-10-23(29)11-13-24/h4-5,8-13,22H,2-3,6-7,14-21H2,1H3/t22-/m1/s1. The molecule has 1 amide bonds. The number of carbonyl (C=O) groups excluding carboxylic acids is 1. The van der Waals surface area contributed by atoms with E-state index < -0.39 is 0 Å². The van der Waals surface area contributed by atoms with Crippen LogP contribution in [0.25, 0.3) is 16.7 Å². The van der Waals surface area contributed by atoms with Gasteiger partial charge in [0.1, 0.15) is 11.6 Å². The molecule has 0 radical (unpaired) electrons. The number of likely N-dealkylation sites (tertiary alicyclic amines) is 1. The van der Waals surface area contributed by atoms with Crippen molar-refractivity contribution < 1.29 is 9.18 Å². The zero-order chi connectivity index (χ0) is 24.2. The lowest BCUT2D eigenvalue weighted by molar-refractivity contribution is -0.139. The summed E-state index contributed by atoms with van der Waals surface area (Å²) in [6.45, 7) is 9.43. The van der Waals surface area contributed by atoms with Crippen LogP contribution in [0.5, 0.6) is 0 Å². The first-order valence-electron chi connectivity index (χ1n) is 13.1. The predicted octanol–water partition coefficient (Wildman–Crippen LogP) is 4.32. The van der Waals surface area contributed by atoms with Crippen molar-refractivity contribution in [3.63, 3.8) is 0 Å². The molecule has 0 unspecified atom stereocenters. The van der Waals surface area contributed by atoms with Crippen LogP contribution in [-0.2, 0) is 11.3 Å². The third kappa shape index (κ3) is 5.41. The first-order chi connectivity index (χ1) is 17.1. The Morgan fingerprint density at radius 2 is 1.77 bits per heavy atom. The second-order valence-electron chi connectivity index (χ2n) is 9.92. The van der Waals surface area contributed by atoms with E-state index in [9.17, 15) is 9.18 Å². The molecule has 0 saturated carbocycles. The quantitative estimate of drug-likeness (QED) is 0.508. The van der Waals surface area contributed by atoms with Gasteiger partial charge in [0.2, 0.25) is 5.91 Å². The van der Waals surface area contributed by atoms with E-state index in [2.05, 4.69) is 32.3 Å². The number of piperidine rings is 1. The van der Waals surface area contributed by atoms with E-state index in [-0.39, 0.29) is 11.7 Å². The van der Waals surface area contributed by atoms with Crippen molar-refractivity contribution in [2.24, 2.45) is 5.92 Å². The van der Waals surface area contributed by atoms with Crippen molar-refractivity contribution in [2.75, 3.05) is 45.8 Å². The molecule has 1 atom stereocenters. The van der Waals surface area contributed by atoms with Crippen LogP contribution in [0.2, 0.25) is 0 Å². The van der Waals surface area contributed by atoms with Crippen molar-refractivity contribution in [1.82, 2.24) is 24.3 Å². The molecule has 2 fully saturated rings. The number of imidazole rings is 1. The molecule has 0 spiro atoms. The monoisotopic (exact) mass is 477 g/mol. The Morgan fingerprint density at radius 3 is 2.54 bits per heavy atom. The molecule has 2 aliphatic heterocycles. The smallest absolute Gasteiger partial charge is 0.227 e. The number of amides is 1. The lowest BCUT2D eigenvalue weighted by atomic mass is 9.96. The maximum atomic E-state index is 13.6. The van der Waals surface area contributed by atoms with Crippen LogP contribution in [0.1, 0.15) is 38.4 Å². The number of benzene rings is 2. The first-order valence-corrected chi connectivity index (χ1v) is 13.1. The van der Waals surface area contributed by atoms with Gasteiger partial charge in [-0.25, -0.2) is 9.37 Å². The Bertz CT molecular complexity index is 1140. The van der Waals surface area contributed by atoms with Gasteiger partial charge in [-0.15, -0.1) is 0 Å². The highest BCUT2D eigenvalue weighted by atomic mass is 19.1. The van der Waals surface area contributed by atoms with Crippen molar-refractivity contribution in [3.8, 4) is 5.69 Å². The normalized spacial score (nSPS) is 19.9. The maximum absolute atomic E-state index is 13.6. The molecule has 5 rings (SSSR count). The summed E-state index contributed by atoms with van der Waals surface area (Å²) in [5, 5.41) is 0. The number of para-hydroxylation sites is 2. The number of piperazine rings is 1. The topological polar surface area (TPSA) is 44.6 Å². The van der Waals surface area contributed by atoms with E-state index in [1.165, 1.54) is 25.0 Å². The van der Waals surface area contributed by atoms with Crippen LogP contribution < -0.4 is 0 Å². The zero-order valence-electron chi connectivity index (χ0n) is 20.7. The second-order valence-corrected chi connectivity index (χ2v) is 9.92. The Morgan fingerprint density at radius 1 is 1.00 bits per heavy atom. The number of carbonyl (C=O) groups is 1. The number of aromatic nitrogens is 2. The molecule has 1 aromatic heterocycles. The summed E-state index contributed by atoms with van der Waals surface area (Å²) < 4.78 is 15.7. The molecule has 3 aromatic rings. The van der Waals surface area contributed by atoms with Crippen LogP contribution in [0.3, 0.4) is 0 Å². The average Bonchev–Trinajstić information content (AvgIpc) is 3.25. The molecule has 0 aliphatic carbocycles. The number of hydrogen-bond acceptors (Lipinski definition) is 4. The highest BCUT2D eigenvalue weighted by Gasteiger charge is 2.31. The molecule has 2 aliphatic rings. The summed E-state index contributed by atoms with van der Waals surface area (Å²) >= 11 is 0. The third-order valence-electron chi connectivity index (χ3n) is 7.45. The molecule has 35 heavy (non-hydrogen) atoms. The summed E-state index contributed by atoms with van der Waals surface area (Å²) in [4.78, 5) is 25.2. The van der Waals surface area contributed by atoms with Gasteiger partial charge in [-0.05, 0) is 68.8 Å². The molecule has 0 bridgehead atoms. The SMILES string of the molecule is CCCCN1CCN(C(=O)[C@@H]2CCCN(Cc3nc4ccccc4n3-c3ccc(F)cc3)C2)CC1. The van der Waals surface area contributed by atoms with Gasteiger partial charge < -0.3 is 4.90 Å². The number of unbranched alkanes of at least 4 members (excludes halogenated alkanes) is 1. The molecular weight excluding hydrogens is 441 g/mol. The van der Waals surface area contributed by atoms with Crippen LogP contribution >= 0.6 is 0 Å². The molecule has 6 nitrogen and oxygen atoms in total. The number of fused-ring (bicyclic) bond motifs is 1. The van der Waals surface area contributed by atoms with Crippen molar-refractivity contribution in [2.45, 2.75) is 39.2 Å². The number of nitrogens with zero attached hydrogens (tertiary/aromatic N) is 5. The summed E-state index contributed by atoms with van der Waals surface area (Å²) in [6.07, 6.45) is 4.42. The molecule has 7 heteroatoms. The minimum Gasteiger partial charge on any atom is -0.340 e. The fourth-order valence-electron chi connectivity index (χ4n) is 5.49. The summed E-state index contributed by atoms with van der Waals surface area (Å²) in [7, 11) is 0. The van der Waals surface area contributed by atoms with Crippen molar-refractivity contribution in [3.05, 3.63) is 60.2 Å². The van der Waals surface area contributed by atoms with E-state index >= 15 is 0 Å². The van der Waals surface area contributed by atoms with Gasteiger partial charge in [0.25, 0.3) is 0 Å². The minimum atomic E-state index is -0.247. The Hall–Kier alpha value is -2.77. The Kier molecular flexibility index (Phi) is 7.44. The van der Waals surface area contributed by atoms with E-state index in [0.717, 1.165) is 81.2 Å². The van der Waals surface area contributed by atoms with Crippen LogP contribution in [0.4, 0.5) is 4.39 Å². The maximum Gasteiger partial charge on any atom is 0.227 e. The van der Waals surface area contributed by atoms with Gasteiger partial charge in [-0.3, -0.25) is 19.2 Å². The first kappa shape index (κ1) is 23.9.